The van der Waals surface area contributed by atoms with E-state index in [1.807, 2.05) is 7.05 Å². The average molecular weight is 239 g/mol. The predicted octanol–water partition coefficient (Wildman–Crippen LogP) is 0.220. The Kier molecular flexibility index (Phi) is 3.44. The Hall–Kier alpha value is -1.40. The zero-order valence-corrected chi connectivity index (χ0v) is 10.1. The van der Waals surface area contributed by atoms with Gasteiger partial charge in [-0.15, -0.1) is 0 Å². The molecule has 2 rings (SSSR count). The van der Waals surface area contributed by atoms with Gasteiger partial charge in [0, 0.05) is 18.8 Å². The molecule has 2 heterocycles. The van der Waals surface area contributed by atoms with Crippen LogP contribution in [-0.4, -0.2) is 58.6 Å². The molecular weight excluding hydrogens is 222 g/mol. The molecular formula is C11H17N3O3. The lowest BCUT2D eigenvalue weighted by Crippen LogP contribution is -2.42. The van der Waals surface area contributed by atoms with Crippen molar-refractivity contribution in [1.82, 2.24) is 14.7 Å². The van der Waals surface area contributed by atoms with Crippen molar-refractivity contribution in [3.8, 4) is 0 Å². The minimum atomic E-state index is -0.935. The van der Waals surface area contributed by atoms with Crippen molar-refractivity contribution in [3.63, 3.8) is 0 Å². The number of nitrogens with zero attached hydrogens (tertiary/aromatic N) is 3. The zero-order valence-electron chi connectivity index (χ0n) is 10.1. The van der Waals surface area contributed by atoms with Gasteiger partial charge in [-0.2, -0.15) is 5.10 Å². The minimum absolute atomic E-state index is 0.0778. The SMILES string of the molecule is Cc1c(C(=O)O)cnn1CC1CN(C)CCO1. The van der Waals surface area contributed by atoms with Crippen molar-refractivity contribution < 1.29 is 14.6 Å². The number of carboxylic acid groups (broad SMARTS) is 1. The van der Waals surface area contributed by atoms with Crippen LogP contribution in [0.15, 0.2) is 6.20 Å². The number of aromatic carboxylic acids is 1. The molecule has 1 aromatic rings. The van der Waals surface area contributed by atoms with E-state index in [-0.39, 0.29) is 11.7 Å². The van der Waals surface area contributed by atoms with E-state index in [9.17, 15) is 4.79 Å². The van der Waals surface area contributed by atoms with Gasteiger partial charge in [0.2, 0.25) is 0 Å². The predicted molar refractivity (Wildman–Crippen MR) is 61.2 cm³/mol. The Balaban J connectivity index is 2.05. The van der Waals surface area contributed by atoms with Crippen molar-refractivity contribution in [1.29, 1.82) is 0 Å². The summed E-state index contributed by atoms with van der Waals surface area (Å²) in [6, 6.07) is 0. The standard InChI is InChI=1S/C11H17N3O3/c1-8-10(11(15)16)5-12-14(8)7-9-6-13(2)3-4-17-9/h5,9H,3-4,6-7H2,1-2H3,(H,15,16). The molecule has 1 atom stereocenters. The van der Waals surface area contributed by atoms with E-state index < -0.39 is 5.97 Å². The number of aromatic nitrogens is 2. The lowest BCUT2D eigenvalue weighted by atomic mass is 10.2. The first-order valence-electron chi connectivity index (χ1n) is 5.63. The molecule has 1 aromatic heterocycles. The van der Waals surface area contributed by atoms with Gasteiger partial charge < -0.3 is 14.7 Å². The first-order chi connectivity index (χ1) is 8.08. The lowest BCUT2D eigenvalue weighted by molar-refractivity contribution is -0.0293. The van der Waals surface area contributed by atoms with Crippen LogP contribution in [0.3, 0.4) is 0 Å². The van der Waals surface area contributed by atoms with E-state index in [1.54, 1.807) is 11.6 Å². The first kappa shape index (κ1) is 12.1. The van der Waals surface area contributed by atoms with Crippen molar-refractivity contribution in [3.05, 3.63) is 17.5 Å². The topological polar surface area (TPSA) is 67.6 Å². The second-order valence-corrected chi connectivity index (χ2v) is 4.39. The van der Waals surface area contributed by atoms with Crippen molar-refractivity contribution in [2.24, 2.45) is 0 Å². The summed E-state index contributed by atoms with van der Waals surface area (Å²) < 4.78 is 7.33. The fourth-order valence-corrected chi connectivity index (χ4v) is 2.01. The summed E-state index contributed by atoms with van der Waals surface area (Å²) in [5, 5.41) is 13.0. The molecule has 0 saturated carbocycles. The van der Waals surface area contributed by atoms with Crippen molar-refractivity contribution >= 4 is 5.97 Å². The Morgan fingerprint density at radius 3 is 3.06 bits per heavy atom. The van der Waals surface area contributed by atoms with E-state index in [1.165, 1.54) is 6.20 Å². The molecule has 6 heteroatoms. The summed E-state index contributed by atoms with van der Waals surface area (Å²) in [5.41, 5.74) is 0.934. The summed E-state index contributed by atoms with van der Waals surface area (Å²) in [6.45, 7) is 4.87. The third-order valence-corrected chi connectivity index (χ3v) is 3.05. The number of hydrogen-bond acceptors (Lipinski definition) is 4. The quantitative estimate of drug-likeness (QED) is 0.817. The molecule has 6 nitrogen and oxygen atoms in total. The molecule has 0 aromatic carbocycles. The molecule has 1 unspecified atom stereocenters. The van der Waals surface area contributed by atoms with Gasteiger partial charge in [-0.3, -0.25) is 4.68 Å². The number of likely N-dealkylation sites (N-methyl/N-ethyl adjacent to an activating group) is 1. The monoisotopic (exact) mass is 239 g/mol. The van der Waals surface area contributed by atoms with Gasteiger partial charge in [-0.05, 0) is 14.0 Å². The highest BCUT2D eigenvalue weighted by atomic mass is 16.5. The van der Waals surface area contributed by atoms with Gasteiger partial charge in [-0.25, -0.2) is 4.79 Å². The van der Waals surface area contributed by atoms with E-state index in [2.05, 4.69) is 10.00 Å². The van der Waals surface area contributed by atoms with Gasteiger partial charge in [0.25, 0.3) is 0 Å². The van der Waals surface area contributed by atoms with Crippen LogP contribution in [0, 0.1) is 6.92 Å². The van der Waals surface area contributed by atoms with Gasteiger partial charge in [0.05, 0.1) is 25.5 Å². The lowest BCUT2D eigenvalue weighted by Gasteiger charge is -2.30. The number of carboxylic acids is 1. The highest BCUT2D eigenvalue weighted by Gasteiger charge is 2.20. The van der Waals surface area contributed by atoms with Crippen LogP contribution >= 0.6 is 0 Å². The van der Waals surface area contributed by atoms with Crippen LogP contribution in [-0.2, 0) is 11.3 Å². The molecule has 0 spiro atoms. The molecule has 0 aliphatic carbocycles. The normalized spacial score (nSPS) is 21.6. The number of morpholine rings is 1. The molecule has 0 amide bonds. The number of ether oxygens (including phenoxy) is 1. The van der Waals surface area contributed by atoms with E-state index in [0.29, 0.717) is 18.8 Å². The van der Waals surface area contributed by atoms with E-state index in [4.69, 9.17) is 9.84 Å². The maximum absolute atomic E-state index is 10.9. The smallest absolute Gasteiger partial charge is 0.339 e. The summed E-state index contributed by atoms with van der Waals surface area (Å²) in [6.07, 6.45) is 1.47. The summed E-state index contributed by atoms with van der Waals surface area (Å²) in [7, 11) is 2.05. The molecule has 94 valence electrons. The number of carbonyl (C=O) groups is 1. The van der Waals surface area contributed by atoms with Crippen LogP contribution < -0.4 is 0 Å². The Labute approximate surface area is 99.8 Å². The minimum Gasteiger partial charge on any atom is -0.478 e. The maximum atomic E-state index is 10.9. The van der Waals surface area contributed by atoms with Crippen LogP contribution in [0.1, 0.15) is 16.1 Å². The molecule has 17 heavy (non-hydrogen) atoms. The van der Waals surface area contributed by atoms with E-state index >= 15 is 0 Å². The van der Waals surface area contributed by atoms with Gasteiger partial charge in [0.15, 0.2) is 0 Å². The summed E-state index contributed by atoms with van der Waals surface area (Å²) >= 11 is 0. The first-order valence-corrected chi connectivity index (χ1v) is 5.63. The van der Waals surface area contributed by atoms with Gasteiger partial charge in [-0.1, -0.05) is 0 Å². The second kappa shape index (κ2) is 4.85. The fraction of sp³-hybridized carbons (Fsp3) is 0.636. The Morgan fingerprint density at radius 1 is 1.71 bits per heavy atom. The highest BCUT2D eigenvalue weighted by molar-refractivity contribution is 5.88. The van der Waals surface area contributed by atoms with Crippen molar-refractivity contribution in [2.45, 2.75) is 19.6 Å². The number of rotatable bonds is 3. The summed E-state index contributed by atoms with van der Waals surface area (Å²) in [4.78, 5) is 13.1. The highest BCUT2D eigenvalue weighted by Crippen LogP contribution is 2.11. The zero-order chi connectivity index (χ0) is 12.4. The molecule has 1 fully saturated rings. The second-order valence-electron chi connectivity index (χ2n) is 4.39. The third kappa shape index (κ3) is 2.65. The van der Waals surface area contributed by atoms with Crippen LogP contribution in [0.4, 0.5) is 0 Å². The molecule has 0 bridgehead atoms. The molecule has 1 aliphatic heterocycles. The average Bonchev–Trinajstić information content (AvgIpc) is 2.61. The Bertz CT molecular complexity index is 416. The van der Waals surface area contributed by atoms with Crippen LogP contribution in [0.2, 0.25) is 0 Å². The largest absolute Gasteiger partial charge is 0.478 e. The van der Waals surface area contributed by atoms with Crippen LogP contribution in [0.25, 0.3) is 0 Å². The fourth-order valence-electron chi connectivity index (χ4n) is 2.01. The third-order valence-electron chi connectivity index (χ3n) is 3.05. The van der Waals surface area contributed by atoms with Crippen molar-refractivity contribution in [2.75, 3.05) is 26.7 Å². The van der Waals surface area contributed by atoms with Crippen LogP contribution in [0.5, 0.6) is 0 Å². The van der Waals surface area contributed by atoms with Gasteiger partial charge >= 0.3 is 5.97 Å². The molecule has 1 saturated heterocycles. The molecule has 1 aliphatic rings. The summed E-state index contributed by atoms with van der Waals surface area (Å²) in [5.74, 6) is -0.935. The number of hydrogen-bond donors (Lipinski definition) is 1. The molecule has 1 N–H and O–H groups in total. The van der Waals surface area contributed by atoms with E-state index in [0.717, 1.165) is 13.1 Å². The van der Waals surface area contributed by atoms with Gasteiger partial charge in [0.1, 0.15) is 5.56 Å². The molecule has 0 radical (unpaired) electrons. The maximum Gasteiger partial charge on any atom is 0.339 e. The Morgan fingerprint density at radius 2 is 2.47 bits per heavy atom.